The van der Waals surface area contributed by atoms with Crippen LogP contribution in [-0.2, 0) is 0 Å². The fourth-order valence-electron chi connectivity index (χ4n) is 7.73. The Morgan fingerprint density at radius 3 is 1.50 bits per heavy atom. The summed E-state index contributed by atoms with van der Waals surface area (Å²) >= 11 is 1.86. The van der Waals surface area contributed by atoms with Crippen molar-refractivity contribution < 1.29 is 0 Å². The first-order valence-electron chi connectivity index (χ1n) is 17.8. The fourth-order valence-corrected chi connectivity index (χ4v) is 8.82. The highest BCUT2D eigenvalue weighted by Crippen LogP contribution is 2.42. The van der Waals surface area contributed by atoms with E-state index in [4.69, 9.17) is 0 Å². The van der Waals surface area contributed by atoms with Gasteiger partial charge in [-0.25, -0.2) is 0 Å². The average Bonchev–Trinajstić information content (AvgIpc) is 3.59. The zero-order valence-corrected chi connectivity index (χ0v) is 29.2. The third-order valence-electron chi connectivity index (χ3n) is 10.2. The van der Waals surface area contributed by atoms with Gasteiger partial charge in [0.2, 0.25) is 0 Å². The number of anilines is 3. The van der Waals surface area contributed by atoms with E-state index in [9.17, 15) is 0 Å². The molecule has 0 saturated heterocycles. The molecule has 0 atom stereocenters. The number of hydrogen-bond acceptors (Lipinski definition) is 2. The lowest BCUT2D eigenvalue weighted by atomic mass is 9.97. The van der Waals surface area contributed by atoms with E-state index in [0.29, 0.717) is 0 Å². The van der Waals surface area contributed by atoms with Crippen molar-refractivity contribution in [1.29, 1.82) is 0 Å². The van der Waals surface area contributed by atoms with Crippen molar-refractivity contribution in [1.82, 2.24) is 0 Å². The minimum atomic E-state index is 1.11. The molecule has 0 spiro atoms. The molecule has 2 heteroatoms. The second-order valence-electron chi connectivity index (χ2n) is 13.3. The quantitative estimate of drug-likeness (QED) is 0.169. The molecule has 0 saturated carbocycles. The summed E-state index contributed by atoms with van der Waals surface area (Å²) in [4.78, 5) is 2.39. The van der Waals surface area contributed by atoms with Crippen molar-refractivity contribution in [3.05, 3.63) is 200 Å². The van der Waals surface area contributed by atoms with Gasteiger partial charge >= 0.3 is 0 Å². The Labute approximate surface area is 307 Å². The molecule has 1 heterocycles. The first kappa shape index (κ1) is 30.4. The predicted octanol–water partition coefficient (Wildman–Crippen LogP) is 14.8. The lowest BCUT2D eigenvalue weighted by molar-refractivity contribution is 1.28. The maximum atomic E-state index is 2.39. The van der Waals surface area contributed by atoms with Crippen molar-refractivity contribution in [2.45, 2.75) is 0 Å². The molecule has 10 aromatic rings. The van der Waals surface area contributed by atoms with Crippen molar-refractivity contribution >= 4 is 70.1 Å². The number of benzene rings is 9. The van der Waals surface area contributed by atoms with Crippen LogP contribution in [0.4, 0.5) is 17.1 Å². The van der Waals surface area contributed by atoms with E-state index in [1.54, 1.807) is 0 Å². The molecule has 1 nitrogen and oxygen atoms in total. The van der Waals surface area contributed by atoms with Crippen molar-refractivity contribution in [3.8, 4) is 33.4 Å². The van der Waals surface area contributed by atoms with Gasteiger partial charge in [-0.3, -0.25) is 0 Å². The smallest absolute Gasteiger partial charge is 0.0467 e. The van der Waals surface area contributed by atoms with E-state index < -0.39 is 0 Å². The van der Waals surface area contributed by atoms with Gasteiger partial charge in [0.15, 0.2) is 0 Å². The van der Waals surface area contributed by atoms with Gasteiger partial charge in [-0.2, -0.15) is 0 Å². The van der Waals surface area contributed by atoms with Crippen molar-refractivity contribution in [3.63, 3.8) is 0 Å². The van der Waals surface area contributed by atoms with Gasteiger partial charge in [0.1, 0.15) is 0 Å². The Morgan fingerprint density at radius 1 is 0.288 bits per heavy atom. The van der Waals surface area contributed by atoms with Crippen LogP contribution >= 0.6 is 11.3 Å². The van der Waals surface area contributed by atoms with Gasteiger partial charge in [0.25, 0.3) is 0 Å². The van der Waals surface area contributed by atoms with Crippen LogP contribution in [0.25, 0.3) is 75.1 Å². The van der Waals surface area contributed by atoms with E-state index in [1.165, 1.54) is 75.1 Å². The Balaban J connectivity index is 1.11. The molecule has 52 heavy (non-hydrogen) atoms. The van der Waals surface area contributed by atoms with Gasteiger partial charge in [-0.15, -0.1) is 11.3 Å². The molecule has 0 radical (unpaired) electrons. The van der Waals surface area contributed by atoms with Gasteiger partial charge in [0, 0.05) is 37.2 Å². The Kier molecular flexibility index (Phi) is 7.41. The Bertz CT molecular complexity index is 2910. The van der Waals surface area contributed by atoms with E-state index in [1.807, 2.05) is 11.3 Å². The van der Waals surface area contributed by atoms with Crippen LogP contribution in [-0.4, -0.2) is 0 Å². The van der Waals surface area contributed by atoms with E-state index in [-0.39, 0.29) is 0 Å². The van der Waals surface area contributed by atoms with Gasteiger partial charge < -0.3 is 4.90 Å². The summed E-state index contributed by atoms with van der Waals surface area (Å²) in [7, 11) is 0. The highest BCUT2D eigenvalue weighted by molar-refractivity contribution is 7.25. The molecule has 0 amide bonds. The molecular weight excluding hydrogens is 647 g/mol. The number of fused-ring (bicyclic) bond motifs is 5. The lowest BCUT2D eigenvalue weighted by Gasteiger charge is -2.27. The summed E-state index contributed by atoms with van der Waals surface area (Å²) in [5.41, 5.74) is 10.6. The predicted molar refractivity (Wildman–Crippen MR) is 225 cm³/mol. The summed E-state index contributed by atoms with van der Waals surface area (Å²) in [6.07, 6.45) is 0. The number of rotatable bonds is 6. The third kappa shape index (κ3) is 5.33. The van der Waals surface area contributed by atoms with Crippen LogP contribution in [0.2, 0.25) is 0 Å². The summed E-state index contributed by atoms with van der Waals surface area (Å²) in [6.45, 7) is 0. The maximum absolute atomic E-state index is 2.39. The van der Waals surface area contributed by atoms with Crippen LogP contribution in [0.3, 0.4) is 0 Å². The summed E-state index contributed by atoms with van der Waals surface area (Å²) < 4.78 is 2.65. The number of thiophene rings is 1. The number of nitrogens with zero attached hydrogens (tertiary/aromatic N) is 1. The molecule has 0 aliphatic carbocycles. The highest BCUT2D eigenvalue weighted by atomic mass is 32.1. The van der Waals surface area contributed by atoms with Crippen molar-refractivity contribution in [2.75, 3.05) is 4.90 Å². The van der Waals surface area contributed by atoms with Crippen LogP contribution < -0.4 is 4.90 Å². The normalized spacial score (nSPS) is 11.5. The lowest BCUT2D eigenvalue weighted by Crippen LogP contribution is -2.10. The largest absolute Gasteiger partial charge is 0.310 e. The van der Waals surface area contributed by atoms with Gasteiger partial charge in [-0.05, 0) is 110 Å². The zero-order chi connectivity index (χ0) is 34.4. The van der Waals surface area contributed by atoms with Crippen LogP contribution in [0, 0.1) is 0 Å². The summed E-state index contributed by atoms with van der Waals surface area (Å²) in [5.74, 6) is 0. The summed E-state index contributed by atoms with van der Waals surface area (Å²) in [5, 5.41) is 7.65. The average molecular weight is 680 g/mol. The minimum absolute atomic E-state index is 1.11. The van der Waals surface area contributed by atoms with Gasteiger partial charge in [0.05, 0.1) is 0 Å². The van der Waals surface area contributed by atoms with Crippen LogP contribution in [0.15, 0.2) is 200 Å². The van der Waals surface area contributed by atoms with E-state index >= 15 is 0 Å². The molecule has 9 aromatic carbocycles. The maximum Gasteiger partial charge on any atom is 0.0467 e. The molecular formula is C50H33NS. The van der Waals surface area contributed by atoms with Gasteiger partial charge in [-0.1, -0.05) is 146 Å². The molecule has 10 rings (SSSR count). The van der Waals surface area contributed by atoms with E-state index in [2.05, 4.69) is 205 Å². The topological polar surface area (TPSA) is 3.24 Å². The standard InChI is InChI=1S/C50H33NS/c1-3-19-43-34(11-1)13-9-22-45(43)36-25-28-40(29-26-36)51(42-18-8-16-39(32-42)46-23-10-14-35-12-2-4-20-44(35)46)41-17-7-15-37(31-41)38-27-30-50-48(33-38)47-21-5-6-24-49(47)52-50/h1-33H. The van der Waals surface area contributed by atoms with Crippen LogP contribution in [0.1, 0.15) is 0 Å². The third-order valence-corrected chi connectivity index (χ3v) is 11.4. The van der Waals surface area contributed by atoms with Crippen LogP contribution in [0.5, 0.6) is 0 Å². The highest BCUT2D eigenvalue weighted by Gasteiger charge is 2.16. The van der Waals surface area contributed by atoms with E-state index in [0.717, 1.165) is 17.1 Å². The summed E-state index contributed by atoms with van der Waals surface area (Å²) in [6, 6.07) is 73.0. The molecule has 1 aromatic heterocycles. The molecule has 0 fully saturated rings. The molecule has 0 N–H and O–H groups in total. The molecule has 244 valence electrons. The molecule has 0 aliphatic rings. The minimum Gasteiger partial charge on any atom is -0.310 e. The fraction of sp³-hybridized carbons (Fsp3) is 0. The number of hydrogen-bond donors (Lipinski definition) is 0. The molecule has 0 aliphatic heterocycles. The molecule has 0 bridgehead atoms. The zero-order valence-electron chi connectivity index (χ0n) is 28.4. The molecule has 0 unspecified atom stereocenters. The first-order valence-corrected chi connectivity index (χ1v) is 18.6. The van der Waals surface area contributed by atoms with Crippen molar-refractivity contribution in [2.24, 2.45) is 0 Å². The monoisotopic (exact) mass is 679 g/mol. The first-order chi connectivity index (χ1) is 25.8. The second kappa shape index (κ2) is 12.7. The Hall–Kier alpha value is -6.48. The second-order valence-corrected chi connectivity index (χ2v) is 14.4. The SMILES string of the molecule is c1cc(-c2ccc3sc4ccccc4c3c2)cc(N(c2ccc(-c3cccc4ccccc34)cc2)c2cccc(-c3cccc4ccccc34)c2)c1. The Morgan fingerprint density at radius 2 is 0.788 bits per heavy atom.